The molecule has 34 heavy (non-hydrogen) atoms. The van der Waals surface area contributed by atoms with Gasteiger partial charge >= 0.3 is 0 Å². The van der Waals surface area contributed by atoms with Crippen molar-refractivity contribution in [3.8, 4) is 0 Å². The van der Waals surface area contributed by atoms with Crippen LogP contribution in [0.3, 0.4) is 0 Å². The van der Waals surface area contributed by atoms with Gasteiger partial charge in [0.05, 0.1) is 31.8 Å². The first-order valence-electron chi connectivity index (χ1n) is 8.92. The highest BCUT2D eigenvalue weighted by molar-refractivity contribution is 7.86. The molecule has 0 saturated carbocycles. The summed E-state index contributed by atoms with van der Waals surface area (Å²) in [5.41, 5.74) is 2.67. The zero-order valence-corrected chi connectivity index (χ0v) is 18.3. The number of nitro benzene ring substituents is 1. The Kier molecular flexibility index (Phi) is 7.06. The van der Waals surface area contributed by atoms with Crippen molar-refractivity contribution in [2.24, 2.45) is 20.6 Å². The lowest BCUT2D eigenvalue weighted by Gasteiger charge is -2.09. The van der Waals surface area contributed by atoms with E-state index in [1.807, 2.05) is 0 Å². The molecule has 0 bridgehead atoms. The topological polar surface area (TPSA) is 219 Å². The Morgan fingerprint density at radius 1 is 0.735 bits per heavy atom. The van der Waals surface area contributed by atoms with Crippen molar-refractivity contribution in [2.75, 3.05) is 5.43 Å². The average molecular weight is 504 g/mol. The van der Waals surface area contributed by atoms with Crippen molar-refractivity contribution in [3.05, 3.63) is 76.8 Å². The normalized spacial score (nSPS) is 12.3. The lowest BCUT2D eigenvalue weighted by atomic mass is 10.3. The minimum Gasteiger partial charge on any atom is -0.744 e. The van der Waals surface area contributed by atoms with Crippen LogP contribution in [0.1, 0.15) is 0 Å². The summed E-state index contributed by atoms with van der Waals surface area (Å²) in [6.45, 7) is 0. The van der Waals surface area contributed by atoms with Crippen molar-refractivity contribution in [1.82, 2.24) is 0 Å². The molecule has 0 amide bonds. The molecule has 3 rings (SSSR count). The molecule has 3 aromatic carbocycles. The molecule has 0 unspecified atom stereocenters. The molecule has 0 fully saturated rings. The molecule has 176 valence electrons. The van der Waals surface area contributed by atoms with Crippen molar-refractivity contribution < 1.29 is 30.9 Å². The van der Waals surface area contributed by atoms with Crippen LogP contribution in [0.4, 0.5) is 28.4 Å². The Labute approximate surface area is 192 Å². The highest BCUT2D eigenvalue weighted by Gasteiger charge is 2.15. The predicted octanol–water partition coefficient (Wildman–Crippen LogP) is 3.93. The number of nitrogens with one attached hydrogen (secondary N) is 1. The fraction of sp³-hybridized carbons (Fsp3) is 0. The standard InChI is InChI=1S/C18H14N6O8S2/c25-24(26)15-7-10-17(18(11-15)34(30,31)32)22-23-21-14-3-1-12(2-4-14)19-20-13-5-8-16(9-6-13)33(27,28)29/h1-11H,(H,21,22)(H,27,28,29)(H,30,31,32)/p-2. The van der Waals surface area contributed by atoms with Gasteiger partial charge in [-0.3, -0.25) is 15.5 Å². The number of benzene rings is 3. The maximum Gasteiger partial charge on any atom is 0.270 e. The zero-order chi connectivity index (χ0) is 24.9. The van der Waals surface area contributed by atoms with Gasteiger partial charge in [-0.05, 0) is 54.6 Å². The average Bonchev–Trinajstić information content (AvgIpc) is 2.77. The molecule has 3 aromatic rings. The molecule has 0 heterocycles. The minimum absolute atomic E-state index is 0.315. The third kappa shape index (κ3) is 6.45. The van der Waals surface area contributed by atoms with E-state index < -0.39 is 35.7 Å². The Hall–Kier alpha value is -4.12. The highest BCUT2D eigenvalue weighted by atomic mass is 32.2. The fourth-order valence-corrected chi connectivity index (χ4v) is 3.53. The Morgan fingerprint density at radius 2 is 1.29 bits per heavy atom. The molecule has 0 spiro atoms. The summed E-state index contributed by atoms with van der Waals surface area (Å²) in [5.74, 6) is 0. The molecule has 0 aromatic heterocycles. The largest absolute Gasteiger partial charge is 0.744 e. The predicted molar refractivity (Wildman–Crippen MR) is 114 cm³/mol. The maximum atomic E-state index is 11.4. The van der Waals surface area contributed by atoms with Crippen molar-refractivity contribution in [1.29, 1.82) is 0 Å². The van der Waals surface area contributed by atoms with Gasteiger partial charge in [0.15, 0.2) is 0 Å². The summed E-state index contributed by atoms with van der Waals surface area (Å²) in [6, 6.07) is 13.6. The van der Waals surface area contributed by atoms with Crippen molar-refractivity contribution in [3.63, 3.8) is 0 Å². The number of anilines is 1. The van der Waals surface area contributed by atoms with Crippen molar-refractivity contribution in [2.45, 2.75) is 9.79 Å². The Bertz CT molecular complexity index is 1490. The second kappa shape index (κ2) is 9.79. The van der Waals surface area contributed by atoms with Crippen molar-refractivity contribution >= 4 is 48.7 Å². The Morgan fingerprint density at radius 3 is 1.79 bits per heavy atom. The van der Waals surface area contributed by atoms with Crippen LogP contribution < -0.4 is 5.43 Å². The first-order valence-corrected chi connectivity index (χ1v) is 11.7. The molecule has 16 heteroatoms. The van der Waals surface area contributed by atoms with Gasteiger partial charge in [-0.2, -0.15) is 10.2 Å². The van der Waals surface area contributed by atoms with E-state index in [0.717, 1.165) is 24.3 Å². The summed E-state index contributed by atoms with van der Waals surface area (Å²) >= 11 is 0. The van der Waals surface area contributed by atoms with Crippen LogP contribution in [0.15, 0.2) is 97.1 Å². The fourth-order valence-electron chi connectivity index (χ4n) is 2.43. The monoisotopic (exact) mass is 504 g/mol. The maximum absolute atomic E-state index is 11.4. The molecule has 14 nitrogen and oxygen atoms in total. The van der Waals surface area contributed by atoms with Gasteiger partial charge in [-0.25, -0.2) is 16.8 Å². The zero-order valence-electron chi connectivity index (χ0n) is 16.7. The van der Waals surface area contributed by atoms with Gasteiger partial charge in [-0.15, -0.1) is 5.11 Å². The van der Waals surface area contributed by atoms with E-state index in [1.54, 1.807) is 0 Å². The van der Waals surface area contributed by atoms with Crippen LogP contribution in [0, 0.1) is 10.1 Å². The SMILES string of the molecule is O=[N+]([O-])c1ccc(N=NNc2ccc(N=Nc3ccc(S(=O)(=O)[O-])cc3)cc2)c(S(=O)(=O)[O-])c1. The summed E-state index contributed by atoms with van der Waals surface area (Å²) in [7, 11) is -9.58. The number of non-ortho nitro benzene ring substituents is 1. The first-order chi connectivity index (χ1) is 15.9. The second-order valence-electron chi connectivity index (χ2n) is 6.37. The van der Waals surface area contributed by atoms with Crippen LogP contribution in [-0.2, 0) is 20.2 Å². The van der Waals surface area contributed by atoms with Gasteiger partial charge in [0.25, 0.3) is 5.69 Å². The first kappa shape index (κ1) is 24.5. The number of rotatable bonds is 8. The summed E-state index contributed by atoms with van der Waals surface area (Å²) in [6.07, 6.45) is 0. The van der Waals surface area contributed by atoms with Gasteiger partial charge in [-0.1, -0.05) is 5.22 Å². The van der Waals surface area contributed by atoms with Crippen LogP contribution >= 0.6 is 0 Å². The number of hydrogen-bond acceptors (Lipinski definition) is 12. The molecule has 0 aliphatic heterocycles. The van der Waals surface area contributed by atoms with E-state index in [1.165, 1.54) is 36.4 Å². The molecule has 0 atom stereocenters. The molecular weight excluding hydrogens is 492 g/mol. The van der Waals surface area contributed by atoms with Crippen LogP contribution in [0.2, 0.25) is 0 Å². The minimum atomic E-state index is -5.03. The van der Waals surface area contributed by atoms with Crippen LogP contribution in [0.5, 0.6) is 0 Å². The number of nitro groups is 1. The van der Waals surface area contributed by atoms with E-state index in [4.69, 9.17) is 0 Å². The number of nitrogens with zero attached hydrogens (tertiary/aromatic N) is 5. The van der Waals surface area contributed by atoms with Gasteiger partial charge in [0.2, 0.25) is 0 Å². The van der Waals surface area contributed by atoms with Gasteiger partial charge in [0, 0.05) is 12.1 Å². The van der Waals surface area contributed by atoms with E-state index in [9.17, 15) is 36.1 Å². The van der Waals surface area contributed by atoms with E-state index in [-0.39, 0.29) is 10.6 Å². The molecular formula is C18H12N6O8S2-2. The van der Waals surface area contributed by atoms with E-state index in [0.29, 0.717) is 23.1 Å². The summed E-state index contributed by atoms with van der Waals surface area (Å²) < 4.78 is 66.8. The second-order valence-corrected chi connectivity index (χ2v) is 9.10. The third-order valence-corrected chi connectivity index (χ3v) is 5.75. The lowest BCUT2D eigenvalue weighted by Crippen LogP contribution is -2.00. The summed E-state index contributed by atoms with van der Waals surface area (Å²) in [4.78, 5) is 8.67. The van der Waals surface area contributed by atoms with Gasteiger partial charge < -0.3 is 9.11 Å². The highest BCUT2D eigenvalue weighted by Crippen LogP contribution is 2.29. The van der Waals surface area contributed by atoms with Gasteiger partial charge in [0.1, 0.15) is 25.9 Å². The molecule has 0 aliphatic carbocycles. The quantitative estimate of drug-likeness (QED) is 0.203. The Balaban J connectivity index is 1.69. The molecule has 0 saturated heterocycles. The van der Waals surface area contributed by atoms with E-state index >= 15 is 0 Å². The van der Waals surface area contributed by atoms with E-state index in [2.05, 4.69) is 26.0 Å². The lowest BCUT2D eigenvalue weighted by molar-refractivity contribution is -0.385. The van der Waals surface area contributed by atoms with Crippen LogP contribution in [0.25, 0.3) is 0 Å². The summed E-state index contributed by atoms with van der Waals surface area (Å²) in [5, 5.41) is 25.8. The smallest absolute Gasteiger partial charge is 0.270 e. The molecule has 0 aliphatic rings. The number of azo groups is 1. The molecule has 1 N–H and O–H groups in total. The van der Waals surface area contributed by atoms with Crippen LogP contribution in [-0.4, -0.2) is 30.9 Å². The molecule has 0 radical (unpaired) electrons. The number of hydrogen-bond donors (Lipinski definition) is 1. The third-order valence-electron chi connectivity index (χ3n) is 4.03.